The molecule has 1 amide bonds. The minimum Gasteiger partial charge on any atom is -0.480 e. The lowest BCUT2D eigenvalue weighted by Gasteiger charge is -2.24. The Morgan fingerprint density at radius 2 is 2.27 bits per heavy atom. The second kappa shape index (κ2) is 5.39. The van der Waals surface area contributed by atoms with Gasteiger partial charge in [-0.3, -0.25) is 4.79 Å². The van der Waals surface area contributed by atoms with Crippen LogP contribution in [0, 0.1) is 5.92 Å². The Labute approximate surface area is 94.0 Å². The van der Waals surface area contributed by atoms with E-state index in [0.29, 0.717) is 13.0 Å². The van der Waals surface area contributed by atoms with Gasteiger partial charge in [-0.25, -0.2) is 4.79 Å². The third kappa shape index (κ3) is 2.87. The van der Waals surface area contributed by atoms with Crippen LogP contribution in [-0.4, -0.2) is 46.5 Å². The number of carboxylic acids is 1. The van der Waals surface area contributed by atoms with Gasteiger partial charge in [0.2, 0.25) is 5.91 Å². The molecule has 0 spiro atoms. The largest absolute Gasteiger partial charge is 0.480 e. The number of rotatable bonds is 4. The lowest BCUT2D eigenvalue weighted by atomic mass is 10.1. The fourth-order valence-corrected chi connectivity index (χ4v) is 2.53. The summed E-state index contributed by atoms with van der Waals surface area (Å²) in [7, 11) is 0. The summed E-state index contributed by atoms with van der Waals surface area (Å²) in [5, 5.41) is 8.95. The number of hydrogen-bond donors (Lipinski definition) is 1. The Morgan fingerprint density at radius 3 is 2.80 bits per heavy atom. The maximum absolute atomic E-state index is 11.9. The zero-order valence-corrected chi connectivity index (χ0v) is 9.92. The van der Waals surface area contributed by atoms with E-state index in [1.807, 2.05) is 13.2 Å². The van der Waals surface area contributed by atoms with Gasteiger partial charge in [-0.15, -0.1) is 0 Å². The van der Waals surface area contributed by atoms with Gasteiger partial charge in [0.05, 0.1) is 0 Å². The fourth-order valence-electron chi connectivity index (χ4n) is 1.89. The number of thioether (sulfide) groups is 1. The molecule has 0 radical (unpaired) electrons. The smallest absolute Gasteiger partial charge is 0.326 e. The van der Waals surface area contributed by atoms with Gasteiger partial charge in [0.1, 0.15) is 6.04 Å². The highest BCUT2D eigenvalue weighted by Crippen LogP contribution is 2.21. The first-order valence-corrected chi connectivity index (χ1v) is 6.49. The van der Waals surface area contributed by atoms with Gasteiger partial charge in [-0.05, 0) is 19.1 Å². The van der Waals surface area contributed by atoms with Crippen LogP contribution in [-0.2, 0) is 9.59 Å². The third-order valence-corrected chi connectivity index (χ3v) is 3.49. The molecule has 0 aromatic heterocycles. The van der Waals surface area contributed by atoms with E-state index in [2.05, 4.69) is 0 Å². The maximum atomic E-state index is 11.9. The van der Waals surface area contributed by atoms with E-state index in [0.717, 1.165) is 12.2 Å². The van der Waals surface area contributed by atoms with Crippen LogP contribution in [0.1, 0.15) is 19.8 Å². The molecule has 2 atom stereocenters. The maximum Gasteiger partial charge on any atom is 0.326 e. The van der Waals surface area contributed by atoms with Crippen LogP contribution >= 0.6 is 11.8 Å². The fraction of sp³-hybridized carbons (Fsp3) is 0.800. The van der Waals surface area contributed by atoms with Crippen molar-refractivity contribution in [3.63, 3.8) is 0 Å². The van der Waals surface area contributed by atoms with Gasteiger partial charge in [-0.1, -0.05) is 6.92 Å². The first-order chi connectivity index (χ1) is 7.07. The summed E-state index contributed by atoms with van der Waals surface area (Å²) < 4.78 is 0. The summed E-state index contributed by atoms with van der Waals surface area (Å²) in [4.78, 5) is 24.3. The molecule has 86 valence electrons. The van der Waals surface area contributed by atoms with Crippen LogP contribution in [0.15, 0.2) is 0 Å². The first kappa shape index (κ1) is 12.4. The number of carboxylic acid groups (broad SMARTS) is 1. The second-order valence-corrected chi connectivity index (χ2v) is 4.79. The number of likely N-dealkylation sites (tertiary alicyclic amines) is 1. The molecule has 1 heterocycles. The van der Waals surface area contributed by atoms with Gasteiger partial charge in [0.15, 0.2) is 0 Å². The molecule has 1 saturated heterocycles. The van der Waals surface area contributed by atoms with Crippen LogP contribution in [0.4, 0.5) is 0 Å². The average Bonchev–Trinajstić information content (AvgIpc) is 2.65. The van der Waals surface area contributed by atoms with E-state index in [1.54, 1.807) is 11.8 Å². The Balaban J connectivity index is 2.62. The predicted molar refractivity (Wildman–Crippen MR) is 59.9 cm³/mol. The van der Waals surface area contributed by atoms with Gasteiger partial charge in [0, 0.05) is 18.2 Å². The average molecular weight is 231 g/mol. The van der Waals surface area contributed by atoms with Crippen LogP contribution in [0.5, 0.6) is 0 Å². The Hall–Kier alpha value is -0.710. The number of aliphatic carboxylic acids is 1. The number of hydrogen-bond acceptors (Lipinski definition) is 3. The molecule has 0 saturated carbocycles. The summed E-state index contributed by atoms with van der Waals surface area (Å²) in [5.41, 5.74) is 0. The quantitative estimate of drug-likeness (QED) is 0.786. The van der Waals surface area contributed by atoms with E-state index in [9.17, 15) is 9.59 Å². The van der Waals surface area contributed by atoms with Crippen molar-refractivity contribution in [1.82, 2.24) is 4.90 Å². The summed E-state index contributed by atoms with van der Waals surface area (Å²) in [6, 6.07) is -0.596. The molecule has 0 bridgehead atoms. The predicted octanol–water partition coefficient (Wildman–Crippen LogP) is 1.06. The third-order valence-electron chi connectivity index (χ3n) is 2.66. The second-order valence-electron chi connectivity index (χ2n) is 3.88. The lowest BCUT2D eigenvalue weighted by molar-refractivity contribution is -0.149. The van der Waals surface area contributed by atoms with Gasteiger partial charge in [-0.2, -0.15) is 11.8 Å². The molecular weight excluding hydrogens is 214 g/mol. The van der Waals surface area contributed by atoms with Crippen molar-refractivity contribution in [2.24, 2.45) is 5.92 Å². The van der Waals surface area contributed by atoms with Crippen molar-refractivity contribution >= 4 is 23.6 Å². The number of carbonyl (C=O) groups excluding carboxylic acids is 1. The molecule has 15 heavy (non-hydrogen) atoms. The molecule has 1 fully saturated rings. The van der Waals surface area contributed by atoms with Crippen molar-refractivity contribution in [2.75, 3.05) is 18.6 Å². The van der Waals surface area contributed by atoms with E-state index in [-0.39, 0.29) is 11.8 Å². The van der Waals surface area contributed by atoms with E-state index >= 15 is 0 Å². The molecule has 4 nitrogen and oxygen atoms in total. The minimum atomic E-state index is -0.878. The Bertz CT molecular complexity index is 257. The highest BCUT2D eigenvalue weighted by molar-refractivity contribution is 7.98. The van der Waals surface area contributed by atoms with E-state index < -0.39 is 12.0 Å². The van der Waals surface area contributed by atoms with Gasteiger partial charge in [0.25, 0.3) is 0 Å². The van der Waals surface area contributed by atoms with Crippen LogP contribution in [0.25, 0.3) is 0 Å². The Morgan fingerprint density at radius 1 is 1.60 bits per heavy atom. The van der Waals surface area contributed by atoms with Crippen LogP contribution in [0.3, 0.4) is 0 Å². The SMILES string of the molecule is CSCC(C)C(=O)N1CCC[C@@H]1C(=O)O. The topological polar surface area (TPSA) is 57.6 Å². The molecule has 1 unspecified atom stereocenters. The van der Waals surface area contributed by atoms with E-state index in [1.165, 1.54) is 4.90 Å². The van der Waals surface area contributed by atoms with E-state index in [4.69, 9.17) is 5.11 Å². The van der Waals surface area contributed by atoms with Gasteiger partial charge < -0.3 is 10.0 Å². The van der Waals surface area contributed by atoms with Crippen molar-refractivity contribution < 1.29 is 14.7 Å². The zero-order chi connectivity index (χ0) is 11.4. The number of carbonyl (C=O) groups is 2. The van der Waals surface area contributed by atoms with Crippen molar-refractivity contribution in [3.05, 3.63) is 0 Å². The number of amides is 1. The highest BCUT2D eigenvalue weighted by Gasteiger charge is 2.35. The zero-order valence-electron chi connectivity index (χ0n) is 9.10. The molecule has 1 N–H and O–H groups in total. The molecule has 5 heteroatoms. The van der Waals surface area contributed by atoms with Crippen molar-refractivity contribution in [3.8, 4) is 0 Å². The molecule has 0 aromatic carbocycles. The first-order valence-electron chi connectivity index (χ1n) is 5.10. The molecule has 0 aliphatic carbocycles. The Kier molecular flexibility index (Phi) is 4.45. The molecule has 1 aliphatic heterocycles. The molecule has 0 aromatic rings. The van der Waals surface area contributed by atoms with Crippen molar-refractivity contribution in [2.45, 2.75) is 25.8 Å². The standard InChI is InChI=1S/C10H17NO3S/c1-7(6-15-2)9(12)11-5-3-4-8(11)10(13)14/h7-8H,3-6H2,1-2H3,(H,13,14)/t7?,8-/m1/s1. The molecule has 1 aliphatic rings. The minimum absolute atomic E-state index is 0.0192. The van der Waals surface area contributed by atoms with Crippen molar-refractivity contribution in [1.29, 1.82) is 0 Å². The summed E-state index contributed by atoms with van der Waals surface area (Å²) >= 11 is 1.61. The summed E-state index contributed by atoms with van der Waals surface area (Å²) in [6.45, 7) is 2.45. The lowest BCUT2D eigenvalue weighted by Crippen LogP contribution is -2.43. The molecule has 1 rings (SSSR count). The number of nitrogens with zero attached hydrogens (tertiary/aromatic N) is 1. The molecular formula is C10H17NO3S. The summed E-state index contributed by atoms with van der Waals surface area (Å²) in [6.07, 6.45) is 3.34. The monoisotopic (exact) mass is 231 g/mol. The van der Waals surface area contributed by atoms with Crippen LogP contribution in [0.2, 0.25) is 0 Å². The summed E-state index contributed by atoms with van der Waals surface area (Å²) in [5.74, 6) is -0.229. The highest BCUT2D eigenvalue weighted by atomic mass is 32.2. The van der Waals surface area contributed by atoms with Gasteiger partial charge >= 0.3 is 5.97 Å². The normalized spacial score (nSPS) is 22.8. The van der Waals surface area contributed by atoms with Crippen LogP contribution < -0.4 is 0 Å².